The minimum Gasteiger partial charge on any atom is -0.193 e. The van der Waals surface area contributed by atoms with Crippen LogP contribution >= 0.6 is 0 Å². The number of benzene rings is 2. The van der Waals surface area contributed by atoms with E-state index in [9.17, 15) is 16.8 Å². The van der Waals surface area contributed by atoms with E-state index in [0.29, 0.717) is 0 Å². The van der Waals surface area contributed by atoms with Crippen LogP contribution in [-0.2, 0) is 23.9 Å². The van der Waals surface area contributed by atoms with Crippen LogP contribution in [0.15, 0.2) is 68.6 Å². The van der Waals surface area contributed by atoms with Gasteiger partial charge >= 0.3 is 20.2 Å². The number of hydrogen-bond acceptors (Lipinski definition) is 7. The monoisotopic (exact) mass is 380 g/mol. The second kappa shape index (κ2) is 7.21. The molecule has 0 bridgehead atoms. The molecule has 2 rings (SSSR count). The van der Waals surface area contributed by atoms with Crippen molar-refractivity contribution in [1.82, 2.24) is 0 Å². The molecule has 0 saturated carbocycles. The molecule has 2 aromatic carbocycles. The molecule has 128 valence electrons. The summed E-state index contributed by atoms with van der Waals surface area (Å²) < 4.78 is 53.5. The maximum Gasteiger partial charge on any atom is 0.312 e. The molecule has 0 aromatic heterocycles. The molecule has 0 atom stereocenters. The first-order chi connectivity index (χ1) is 11.8. The molecule has 2 aromatic rings. The minimum absolute atomic E-state index is 0.330. The molecule has 0 aliphatic carbocycles. The number of azide groups is 2. The molecule has 0 amide bonds. The summed E-state index contributed by atoms with van der Waals surface area (Å²) in [5, 5.41) is 6.37. The second-order valence-electron chi connectivity index (χ2n) is 4.29. The van der Waals surface area contributed by atoms with Crippen molar-refractivity contribution in [3.8, 4) is 0 Å². The summed E-state index contributed by atoms with van der Waals surface area (Å²) in [7, 11) is -9.68. The Kier molecular flexibility index (Phi) is 5.27. The van der Waals surface area contributed by atoms with Crippen molar-refractivity contribution in [3.63, 3.8) is 0 Å². The van der Waals surface area contributed by atoms with E-state index in [4.69, 9.17) is 11.1 Å². The average Bonchev–Trinajstić information content (AvgIpc) is 2.55. The Morgan fingerprint density at radius 1 is 0.720 bits per heavy atom. The van der Waals surface area contributed by atoms with Crippen LogP contribution in [-0.4, -0.2) is 16.8 Å². The summed E-state index contributed by atoms with van der Waals surface area (Å²) in [6, 6.07) is 9.79. The maximum absolute atomic E-state index is 12.3. The van der Waals surface area contributed by atoms with Gasteiger partial charge in [0.25, 0.3) is 0 Å². The van der Waals surface area contributed by atoms with E-state index in [-0.39, 0.29) is 11.4 Å². The SMILES string of the molecule is [N-]=[N+]=Nc1ccccc1S(=O)(=O)OS(=O)(=O)c1ccccc1N=[N+]=[N-]. The molecular weight excluding hydrogens is 372 g/mol. The summed E-state index contributed by atoms with van der Waals surface area (Å²) in [6.07, 6.45) is 0. The lowest BCUT2D eigenvalue weighted by atomic mass is 10.3. The third kappa shape index (κ3) is 4.07. The highest BCUT2D eigenvalue weighted by Gasteiger charge is 2.29. The van der Waals surface area contributed by atoms with Gasteiger partial charge in [0.2, 0.25) is 0 Å². The predicted molar refractivity (Wildman–Crippen MR) is 86.0 cm³/mol. The Labute approximate surface area is 142 Å². The van der Waals surface area contributed by atoms with E-state index < -0.39 is 30.0 Å². The van der Waals surface area contributed by atoms with Crippen LogP contribution in [0.5, 0.6) is 0 Å². The number of nitrogens with zero attached hydrogens (tertiary/aromatic N) is 6. The van der Waals surface area contributed by atoms with Crippen LogP contribution in [0.4, 0.5) is 11.4 Å². The van der Waals surface area contributed by atoms with Crippen LogP contribution in [0.25, 0.3) is 20.9 Å². The van der Waals surface area contributed by atoms with Gasteiger partial charge in [0.1, 0.15) is 9.79 Å². The smallest absolute Gasteiger partial charge is 0.193 e. The third-order valence-corrected chi connectivity index (χ3v) is 5.95. The van der Waals surface area contributed by atoms with E-state index in [0.717, 1.165) is 12.1 Å². The Bertz CT molecular complexity index is 1030. The van der Waals surface area contributed by atoms with Gasteiger partial charge in [0.05, 0.1) is 11.4 Å². The zero-order valence-corrected chi connectivity index (χ0v) is 13.8. The van der Waals surface area contributed by atoms with E-state index in [1.165, 1.54) is 36.4 Å². The molecule has 25 heavy (non-hydrogen) atoms. The Morgan fingerprint density at radius 2 is 1.08 bits per heavy atom. The molecular formula is C12H8N6O5S2. The van der Waals surface area contributed by atoms with Gasteiger partial charge in [0, 0.05) is 9.82 Å². The highest BCUT2D eigenvalue weighted by molar-refractivity contribution is 8.00. The maximum atomic E-state index is 12.3. The minimum atomic E-state index is -4.84. The lowest BCUT2D eigenvalue weighted by molar-refractivity contribution is 0.462. The molecule has 0 radical (unpaired) electrons. The van der Waals surface area contributed by atoms with Gasteiger partial charge in [0.15, 0.2) is 0 Å². The van der Waals surface area contributed by atoms with Crippen molar-refractivity contribution >= 4 is 31.6 Å². The van der Waals surface area contributed by atoms with Gasteiger partial charge < -0.3 is 0 Å². The third-order valence-electron chi connectivity index (χ3n) is 2.75. The molecule has 0 spiro atoms. The van der Waals surface area contributed by atoms with Crippen molar-refractivity contribution in [2.45, 2.75) is 9.79 Å². The standard InChI is InChI=1S/C12H8N6O5S2/c13-17-15-9-5-1-3-7-11(9)24(19,20)23-25(21,22)12-8-4-2-6-10(12)16-18-14/h1-8H. The molecule has 0 heterocycles. The second-order valence-corrected chi connectivity index (χ2v) is 7.53. The molecule has 0 N–H and O–H groups in total. The fraction of sp³-hybridized carbons (Fsp3) is 0. The van der Waals surface area contributed by atoms with Gasteiger partial charge in [-0.25, -0.2) is 0 Å². The first kappa shape index (κ1) is 18.3. The zero-order valence-electron chi connectivity index (χ0n) is 12.2. The highest BCUT2D eigenvalue weighted by atomic mass is 32.3. The Balaban J connectivity index is 2.55. The van der Waals surface area contributed by atoms with Gasteiger partial charge in [-0.15, -0.1) is 3.63 Å². The molecule has 0 unspecified atom stereocenters. The van der Waals surface area contributed by atoms with Gasteiger partial charge in [-0.3, -0.25) is 0 Å². The fourth-order valence-corrected chi connectivity index (χ4v) is 4.54. The first-order valence-electron chi connectivity index (χ1n) is 6.31. The number of hydrogen-bond donors (Lipinski definition) is 0. The molecule has 0 aliphatic rings. The summed E-state index contributed by atoms with van der Waals surface area (Å²) >= 11 is 0. The molecule has 0 fully saturated rings. The highest BCUT2D eigenvalue weighted by Crippen LogP contribution is 2.31. The summed E-state index contributed by atoms with van der Waals surface area (Å²) in [6.45, 7) is 0. The Hall–Kier alpha value is -3.08. The average molecular weight is 380 g/mol. The largest absolute Gasteiger partial charge is 0.312 e. The van der Waals surface area contributed by atoms with Crippen molar-refractivity contribution in [2.24, 2.45) is 10.2 Å². The van der Waals surface area contributed by atoms with Crippen LogP contribution in [0.1, 0.15) is 0 Å². The summed E-state index contributed by atoms with van der Waals surface area (Å²) in [4.78, 5) is 3.69. The van der Waals surface area contributed by atoms with E-state index >= 15 is 0 Å². The molecule has 11 nitrogen and oxygen atoms in total. The summed E-state index contributed by atoms with van der Waals surface area (Å²) in [5.74, 6) is 0. The van der Waals surface area contributed by atoms with Crippen molar-refractivity contribution in [2.75, 3.05) is 0 Å². The van der Waals surface area contributed by atoms with E-state index in [1.807, 2.05) is 0 Å². The molecule has 0 saturated heterocycles. The van der Waals surface area contributed by atoms with Gasteiger partial charge in [-0.2, -0.15) is 16.8 Å². The van der Waals surface area contributed by atoms with E-state index in [1.54, 1.807) is 0 Å². The van der Waals surface area contributed by atoms with Crippen molar-refractivity contribution in [3.05, 3.63) is 69.4 Å². The van der Waals surface area contributed by atoms with Crippen LogP contribution in [0.2, 0.25) is 0 Å². The first-order valence-corrected chi connectivity index (χ1v) is 9.13. The Morgan fingerprint density at radius 3 is 1.44 bits per heavy atom. The molecule has 0 aliphatic heterocycles. The quantitative estimate of drug-likeness (QED) is 0.421. The van der Waals surface area contributed by atoms with Crippen molar-refractivity contribution in [1.29, 1.82) is 0 Å². The lowest BCUT2D eigenvalue weighted by Gasteiger charge is -2.09. The fourth-order valence-electron chi connectivity index (χ4n) is 1.79. The van der Waals surface area contributed by atoms with Crippen LogP contribution < -0.4 is 0 Å². The van der Waals surface area contributed by atoms with Crippen LogP contribution in [0.3, 0.4) is 0 Å². The summed E-state index contributed by atoms with van der Waals surface area (Å²) in [5.41, 5.74) is 16.3. The van der Waals surface area contributed by atoms with Gasteiger partial charge in [-0.1, -0.05) is 46.6 Å². The topological polar surface area (TPSA) is 175 Å². The number of rotatable bonds is 6. The van der Waals surface area contributed by atoms with Crippen LogP contribution in [0, 0.1) is 0 Å². The lowest BCUT2D eigenvalue weighted by Crippen LogP contribution is -2.14. The normalized spacial score (nSPS) is 11.2. The zero-order chi connectivity index (χ0) is 18.5. The van der Waals surface area contributed by atoms with Crippen molar-refractivity contribution < 1.29 is 20.5 Å². The predicted octanol–water partition coefficient (Wildman–Crippen LogP) is 3.66. The van der Waals surface area contributed by atoms with Gasteiger partial charge in [-0.05, 0) is 23.2 Å². The molecule has 13 heteroatoms. The van der Waals surface area contributed by atoms with E-state index in [2.05, 4.69) is 23.7 Å².